The highest BCUT2D eigenvalue weighted by Crippen LogP contribution is 2.39. The minimum atomic E-state index is -0.234. The van der Waals surface area contributed by atoms with Crippen LogP contribution >= 0.6 is 0 Å². The Bertz CT molecular complexity index is 610. The second-order valence-corrected chi connectivity index (χ2v) is 6.29. The molecule has 1 aromatic rings. The summed E-state index contributed by atoms with van der Waals surface area (Å²) in [5.74, 6) is 0.432. The molecule has 0 saturated carbocycles. The van der Waals surface area contributed by atoms with Gasteiger partial charge in [-0.05, 0) is 30.9 Å². The molecule has 0 aromatic carbocycles. The van der Waals surface area contributed by atoms with E-state index in [1.807, 2.05) is 0 Å². The van der Waals surface area contributed by atoms with Crippen LogP contribution in [0.3, 0.4) is 0 Å². The van der Waals surface area contributed by atoms with Crippen LogP contribution < -0.4 is 5.56 Å². The lowest BCUT2D eigenvalue weighted by atomic mass is 9.92. The molecule has 2 aliphatic rings. The van der Waals surface area contributed by atoms with Crippen LogP contribution in [0.4, 0.5) is 0 Å². The summed E-state index contributed by atoms with van der Waals surface area (Å²) >= 11 is 0. The fourth-order valence-corrected chi connectivity index (χ4v) is 3.43. The Kier molecular flexibility index (Phi) is 3.61. The third-order valence-corrected chi connectivity index (χ3v) is 4.82. The fourth-order valence-electron chi connectivity index (χ4n) is 3.43. The Morgan fingerprint density at radius 1 is 1.52 bits per heavy atom. The van der Waals surface area contributed by atoms with Crippen molar-refractivity contribution in [3.05, 3.63) is 34.2 Å². The van der Waals surface area contributed by atoms with Crippen molar-refractivity contribution >= 4 is 5.91 Å². The first-order valence-corrected chi connectivity index (χ1v) is 7.63. The number of ether oxygens (including phenoxy) is 1. The molecule has 3 heterocycles. The molecule has 2 atom stereocenters. The summed E-state index contributed by atoms with van der Waals surface area (Å²) in [6.45, 7) is 4.26. The lowest BCUT2D eigenvalue weighted by Gasteiger charge is -2.23. The first-order valence-electron chi connectivity index (χ1n) is 7.63. The van der Waals surface area contributed by atoms with Crippen LogP contribution in [0.25, 0.3) is 0 Å². The maximum absolute atomic E-state index is 12.6. The molecular formula is C16H22N2O3. The first kappa shape index (κ1) is 14.3. The van der Waals surface area contributed by atoms with E-state index in [2.05, 4.69) is 6.92 Å². The zero-order valence-corrected chi connectivity index (χ0v) is 12.7. The molecule has 1 amide bonds. The molecule has 0 N–H and O–H groups in total. The molecular weight excluding hydrogens is 268 g/mol. The van der Waals surface area contributed by atoms with Gasteiger partial charge in [0.1, 0.15) is 5.56 Å². The number of rotatable bonds is 2. The largest absolute Gasteiger partial charge is 0.373 e. The molecule has 3 rings (SSSR count). The first-order chi connectivity index (χ1) is 10.0. The Morgan fingerprint density at radius 3 is 3.05 bits per heavy atom. The third-order valence-electron chi connectivity index (χ3n) is 4.82. The Morgan fingerprint density at radius 2 is 2.33 bits per heavy atom. The predicted molar refractivity (Wildman–Crippen MR) is 79.3 cm³/mol. The maximum atomic E-state index is 12.6. The van der Waals surface area contributed by atoms with Crippen molar-refractivity contribution in [2.24, 2.45) is 13.0 Å². The van der Waals surface area contributed by atoms with Gasteiger partial charge in [-0.2, -0.15) is 0 Å². The van der Waals surface area contributed by atoms with E-state index in [0.29, 0.717) is 19.0 Å². The molecule has 114 valence electrons. The summed E-state index contributed by atoms with van der Waals surface area (Å²) in [4.78, 5) is 26.4. The molecule has 0 bridgehead atoms. The van der Waals surface area contributed by atoms with Crippen LogP contribution in [0, 0.1) is 5.92 Å². The SMILES string of the molecule is CCC1COC2(CCN(C(=O)c3cccn(C)c3=O)C2)C1. The standard InChI is InChI=1S/C16H22N2O3/c1-3-12-9-16(21-10-12)6-8-18(11-16)15(20)13-5-4-7-17(2)14(13)19/h4-5,7,12H,3,6,8-11H2,1-2H3. The van der Waals surface area contributed by atoms with E-state index < -0.39 is 0 Å². The zero-order valence-electron chi connectivity index (χ0n) is 12.7. The summed E-state index contributed by atoms with van der Waals surface area (Å²) in [5.41, 5.74) is -0.152. The highest BCUT2D eigenvalue weighted by Gasteiger charge is 2.46. The van der Waals surface area contributed by atoms with Crippen molar-refractivity contribution in [3.8, 4) is 0 Å². The van der Waals surface area contributed by atoms with Crippen molar-refractivity contribution in [1.29, 1.82) is 0 Å². The third kappa shape index (κ3) is 2.50. The summed E-state index contributed by atoms with van der Waals surface area (Å²) < 4.78 is 7.44. The van der Waals surface area contributed by atoms with E-state index in [1.54, 1.807) is 30.3 Å². The molecule has 2 saturated heterocycles. The van der Waals surface area contributed by atoms with E-state index in [4.69, 9.17) is 4.74 Å². The number of aromatic nitrogens is 1. The van der Waals surface area contributed by atoms with Gasteiger partial charge in [0, 0.05) is 19.8 Å². The minimum Gasteiger partial charge on any atom is -0.373 e. The molecule has 2 unspecified atom stereocenters. The quantitative estimate of drug-likeness (QED) is 0.827. The van der Waals surface area contributed by atoms with Crippen LogP contribution in [0.15, 0.2) is 23.1 Å². The number of nitrogens with zero attached hydrogens (tertiary/aromatic N) is 2. The van der Waals surface area contributed by atoms with Gasteiger partial charge in [-0.15, -0.1) is 0 Å². The van der Waals surface area contributed by atoms with Gasteiger partial charge in [-0.3, -0.25) is 9.59 Å². The summed E-state index contributed by atoms with van der Waals surface area (Å²) in [6.07, 6.45) is 4.69. The van der Waals surface area contributed by atoms with Crippen LogP contribution in [-0.4, -0.2) is 40.7 Å². The van der Waals surface area contributed by atoms with Crippen molar-refractivity contribution in [3.63, 3.8) is 0 Å². The molecule has 1 aromatic heterocycles. The molecule has 5 heteroatoms. The smallest absolute Gasteiger partial charge is 0.263 e. The Hall–Kier alpha value is -1.62. The van der Waals surface area contributed by atoms with Crippen molar-refractivity contribution in [1.82, 2.24) is 9.47 Å². The van der Waals surface area contributed by atoms with Crippen LogP contribution in [0.2, 0.25) is 0 Å². The number of pyridine rings is 1. The molecule has 2 fully saturated rings. The topological polar surface area (TPSA) is 51.5 Å². The second-order valence-electron chi connectivity index (χ2n) is 6.29. The molecule has 0 aliphatic carbocycles. The number of hydrogen-bond donors (Lipinski definition) is 0. The zero-order chi connectivity index (χ0) is 15.0. The number of carbonyl (C=O) groups excluding carboxylic acids is 1. The molecule has 2 aliphatic heterocycles. The highest BCUT2D eigenvalue weighted by atomic mass is 16.5. The van der Waals surface area contributed by atoms with Crippen molar-refractivity contribution in [2.75, 3.05) is 19.7 Å². The molecule has 5 nitrogen and oxygen atoms in total. The van der Waals surface area contributed by atoms with Crippen LogP contribution in [0.1, 0.15) is 36.5 Å². The van der Waals surface area contributed by atoms with E-state index in [0.717, 1.165) is 25.9 Å². The van der Waals surface area contributed by atoms with Crippen LogP contribution in [-0.2, 0) is 11.8 Å². The number of aryl methyl sites for hydroxylation is 1. The van der Waals surface area contributed by atoms with Crippen LogP contribution in [0.5, 0.6) is 0 Å². The van der Waals surface area contributed by atoms with E-state index >= 15 is 0 Å². The van der Waals surface area contributed by atoms with Gasteiger partial charge < -0.3 is 14.2 Å². The second kappa shape index (κ2) is 5.30. The normalized spacial score (nSPS) is 28.5. The van der Waals surface area contributed by atoms with Gasteiger partial charge in [0.25, 0.3) is 11.5 Å². The summed E-state index contributed by atoms with van der Waals surface area (Å²) in [5, 5.41) is 0. The van der Waals surface area contributed by atoms with E-state index in [9.17, 15) is 9.59 Å². The number of carbonyl (C=O) groups is 1. The van der Waals surface area contributed by atoms with Gasteiger partial charge in [-0.1, -0.05) is 13.3 Å². The predicted octanol–water partition coefficient (Wildman–Crippen LogP) is 1.42. The monoisotopic (exact) mass is 290 g/mol. The molecule has 0 radical (unpaired) electrons. The summed E-state index contributed by atoms with van der Waals surface area (Å²) in [6, 6.07) is 3.35. The van der Waals surface area contributed by atoms with Crippen molar-refractivity contribution < 1.29 is 9.53 Å². The number of hydrogen-bond acceptors (Lipinski definition) is 3. The van der Waals surface area contributed by atoms with Crippen molar-refractivity contribution in [2.45, 2.75) is 31.8 Å². The maximum Gasteiger partial charge on any atom is 0.263 e. The Labute approximate surface area is 124 Å². The molecule has 1 spiro atoms. The van der Waals surface area contributed by atoms with Gasteiger partial charge in [0.2, 0.25) is 0 Å². The lowest BCUT2D eigenvalue weighted by Crippen LogP contribution is -2.38. The van der Waals surface area contributed by atoms with Gasteiger partial charge >= 0.3 is 0 Å². The highest BCUT2D eigenvalue weighted by molar-refractivity contribution is 5.94. The summed E-state index contributed by atoms with van der Waals surface area (Å²) in [7, 11) is 1.66. The average molecular weight is 290 g/mol. The van der Waals surface area contributed by atoms with Gasteiger partial charge in [-0.25, -0.2) is 0 Å². The minimum absolute atomic E-state index is 0.170. The van der Waals surface area contributed by atoms with E-state index in [-0.39, 0.29) is 22.6 Å². The van der Waals surface area contributed by atoms with Gasteiger partial charge in [0.15, 0.2) is 0 Å². The molecule has 21 heavy (non-hydrogen) atoms. The average Bonchev–Trinajstić information content (AvgIpc) is 3.09. The number of amides is 1. The van der Waals surface area contributed by atoms with E-state index in [1.165, 1.54) is 4.57 Å². The lowest BCUT2D eigenvalue weighted by molar-refractivity contribution is 0.0116. The van der Waals surface area contributed by atoms with Gasteiger partial charge in [0.05, 0.1) is 18.8 Å². The number of likely N-dealkylation sites (tertiary alicyclic amines) is 1. The Balaban J connectivity index is 1.76. The fraction of sp³-hybridized carbons (Fsp3) is 0.625.